The Morgan fingerprint density at radius 3 is 2.76 bits per heavy atom. The molecule has 0 atom stereocenters. The fourth-order valence-electron chi connectivity index (χ4n) is 3.55. The molecule has 0 amide bonds. The summed E-state index contributed by atoms with van der Waals surface area (Å²) in [6.45, 7) is 7.35. The Kier molecular flexibility index (Phi) is 7.71. The molecule has 1 aliphatic heterocycles. The minimum absolute atomic E-state index is 0.751. The summed E-state index contributed by atoms with van der Waals surface area (Å²) in [7, 11) is 3.36. The van der Waals surface area contributed by atoms with Crippen LogP contribution in [0.15, 0.2) is 28.8 Å². The second-order valence-corrected chi connectivity index (χ2v) is 7.59. The number of benzene rings is 1. The molecule has 0 spiro atoms. The van der Waals surface area contributed by atoms with E-state index in [1.54, 1.807) is 14.2 Å². The van der Waals surface area contributed by atoms with Crippen LogP contribution in [0, 0.1) is 6.92 Å². The quantitative estimate of drug-likeness (QED) is 0.689. The van der Waals surface area contributed by atoms with Crippen molar-refractivity contribution < 1.29 is 14.0 Å². The topological polar surface area (TPSA) is 63.0 Å². The van der Waals surface area contributed by atoms with E-state index in [0.717, 1.165) is 85.7 Å². The summed E-state index contributed by atoms with van der Waals surface area (Å²) in [6.07, 6.45) is 1.88. The summed E-state index contributed by atoms with van der Waals surface area (Å²) >= 11 is 5.64. The normalized spacial score (nSPS) is 15.1. The van der Waals surface area contributed by atoms with Crippen LogP contribution in [0.4, 0.5) is 0 Å². The largest absolute Gasteiger partial charge is 0.497 e. The number of nitrogens with one attached hydrogen (secondary N) is 1. The fraction of sp³-hybridized carbons (Fsp3) is 0.524. The SMILES string of the molecule is COc1ccc(OC)c(CCNC(=S)N2CCCN(Cc3cc(C)on3)CC2)c1. The molecule has 2 aromatic rings. The predicted octanol–water partition coefficient (Wildman–Crippen LogP) is 2.63. The second-order valence-electron chi connectivity index (χ2n) is 7.21. The van der Waals surface area contributed by atoms with Crippen LogP contribution in [0.3, 0.4) is 0 Å². The van der Waals surface area contributed by atoms with Crippen molar-refractivity contribution in [3.05, 3.63) is 41.3 Å². The molecule has 1 aromatic carbocycles. The van der Waals surface area contributed by atoms with Crippen molar-refractivity contribution >= 4 is 17.3 Å². The van der Waals surface area contributed by atoms with Gasteiger partial charge in [-0.15, -0.1) is 0 Å². The van der Waals surface area contributed by atoms with Gasteiger partial charge in [0.05, 0.1) is 19.9 Å². The Balaban J connectivity index is 1.46. The van der Waals surface area contributed by atoms with Gasteiger partial charge in [-0.05, 0) is 55.7 Å². The Morgan fingerprint density at radius 2 is 2.03 bits per heavy atom. The van der Waals surface area contributed by atoms with Gasteiger partial charge >= 0.3 is 0 Å². The molecule has 7 nitrogen and oxygen atoms in total. The van der Waals surface area contributed by atoms with Crippen LogP contribution in [0.5, 0.6) is 11.5 Å². The van der Waals surface area contributed by atoms with Gasteiger partial charge in [-0.1, -0.05) is 5.16 Å². The van der Waals surface area contributed by atoms with Crippen molar-refractivity contribution in [1.82, 2.24) is 20.3 Å². The number of hydrogen-bond acceptors (Lipinski definition) is 6. The van der Waals surface area contributed by atoms with Crippen molar-refractivity contribution in [2.24, 2.45) is 0 Å². The van der Waals surface area contributed by atoms with Crippen molar-refractivity contribution in [3.63, 3.8) is 0 Å². The first-order valence-corrected chi connectivity index (χ1v) is 10.4. The molecule has 0 aliphatic carbocycles. The minimum Gasteiger partial charge on any atom is -0.497 e. The van der Waals surface area contributed by atoms with Crippen molar-refractivity contribution in [2.45, 2.75) is 26.3 Å². The standard InChI is InChI=1S/C21H30N4O3S/c1-16-13-18(23-28-16)15-24-9-4-10-25(12-11-24)21(29)22-8-7-17-14-19(26-2)5-6-20(17)27-3/h5-6,13-14H,4,7-12,15H2,1-3H3,(H,22,29). The van der Waals surface area contributed by atoms with Gasteiger partial charge in [0.2, 0.25) is 0 Å². The van der Waals surface area contributed by atoms with Crippen LogP contribution < -0.4 is 14.8 Å². The Hall–Kier alpha value is -2.32. The molecule has 3 rings (SSSR count). The lowest BCUT2D eigenvalue weighted by Gasteiger charge is -2.24. The highest BCUT2D eigenvalue weighted by Crippen LogP contribution is 2.24. The van der Waals surface area contributed by atoms with Crippen LogP contribution in [-0.2, 0) is 13.0 Å². The highest BCUT2D eigenvalue weighted by Gasteiger charge is 2.18. The van der Waals surface area contributed by atoms with Gasteiger partial charge in [0.15, 0.2) is 5.11 Å². The summed E-state index contributed by atoms with van der Waals surface area (Å²) in [5.41, 5.74) is 2.09. The molecule has 158 valence electrons. The molecule has 1 saturated heterocycles. The molecular weight excluding hydrogens is 388 g/mol. The van der Waals surface area contributed by atoms with Gasteiger partial charge in [-0.3, -0.25) is 4.90 Å². The van der Waals surface area contributed by atoms with Crippen LogP contribution in [0.1, 0.15) is 23.4 Å². The Bertz CT molecular complexity index is 811. The minimum atomic E-state index is 0.751. The first-order chi connectivity index (χ1) is 14.1. The van der Waals surface area contributed by atoms with E-state index in [4.69, 9.17) is 26.2 Å². The van der Waals surface area contributed by atoms with Gasteiger partial charge in [-0.25, -0.2) is 0 Å². The molecule has 2 heterocycles. The van der Waals surface area contributed by atoms with E-state index in [-0.39, 0.29) is 0 Å². The van der Waals surface area contributed by atoms with Crippen LogP contribution in [-0.4, -0.2) is 67.0 Å². The van der Waals surface area contributed by atoms with E-state index in [1.165, 1.54) is 0 Å². The zero-order chi connectivity index (χ0) is 20.6. The van der Waals surface area contributed by atoms with Crippen LogP contribution in [0.2, 0.25) is 0 Å². The maximum atomic E-state index is 5.64. The Labute approximate surface area is 177 Å². The van der Waals surface area contributed by atoms with Crippen molar-refractivity contribution in [1.29, 1.82) is 0 Å². The summed E-state index contributed by atoms with van der Waals surface area (Å²) < 4.78 is 15.9. The fourth-order valence-corrected chi connectivity index (χ4v) is 3.83. The van der Waals surface area contributed by atoms with E-state index in [0.29, 0.717) is 0 Å². The number of hydrogen-bond donors (Lipinski definition) is 1. The molecule has 0 bridgehead atoms. The second kappa shape index (κ2) is 10.5. The summed E-state index contributed by atoms with van der Waals surface area (Å²) in [5.74, 6) is 2.56. The lowest BCUT2D eigenvalue weighted by Crippen LogP contribution is -2.42. The average Bonchev–Trinajstić information content (AvgIpc) is 2.99. The maximum Gasteiger partial charge on any atom is 0.168 e. The molecule has 0 radical (unpaired) electrons. The van der Waals surface area contributed by atoms with Crippen molar-refractivity contribution in [2.75, 3.05) is 46.9 Å². The van der Waals surface area contributed by atoms with E-state index in [1.807, 2.05) is 31.2 Å². The average molecular weight is 419 g/mol. The van der Waals surface area contributed by atoms with Crippen LogP contribution >= 0.6 is 12.2 Å². The molecule has 0 unspecified atom stereocenters. The summed E-state index contributed by atoms with van der Waals surface area (Å²) in [6, 6.07) is 7.86. The number of thiocarbonyl (C=S) groups is 1. The van der Waals surface area contributed by atoms with Gasteiger partial charge in [-0.2, -0.15) is 0 Å². The summed E-state index contributed by atoms with van der Waals surface area (Å²) in [5, 5.41) is 8.31. The third-order valence-electron chi connectivity index (χ3n) is 5.10. The molecular formula is C21H30N4O3S. The van der Waals surface area contributed by atoms with E-state index in [2.05, 4.69) is 20.3 Å². The number of aryl methyl sites for hydroxylation is 1. The molecule has 1 aliphatic rings. The predicted molar refractivity (Wildman–Crippen MR) is 117 cm³/mol. The molecule has 8 heteroatoms. The molecule has 1 N–H and O–H groups in total. The number of rotatable bonds is 7. The highest BCUT2D eigenvalue weighted by molar-refractivity contribution is 7.80. The number of nitrogens with zero attached hydrogens (tertiary/aromatic N) is 3. The number of aromatic nitrogens is 1. The van der Waals surface area contributed by atoms with E-state index < -0.39 is 0 Å². The smallest absolute Gasteiger partial charge is 0.168 e. The first kappa shape index (κ1) is 21.4. The lowest BCUT2D eigenvalue weighted by molar-refractivity contribution is 0.267. The molecule has 1 fully saturated rings. The lowest BCUT2D eigenvalue weighted by atomic mass is 10.1. The van der Waals surface area contributed by atoms with E-state index >= 15 is 0 Å². The first-order valence-electron chi connectivity index (χ1n) is 9.97. The zero-order valence-corrected chi connectivity index (χ0v) is 18.3. The number of ether oxygens (including phenoxy) is 2. The third-order valence-corrected chi connectivity index (χ3v) is 5.50. The van der Waals surface area contributed by atoms with Gasteiger partial charge in [0.1, 0.15) is 17.3 Å². The monoisotopic (exact) mass is 418 g/mol. The summed E-state index contributed by atoms with van der Waals surface area (Å²) in [4.78, 5) is 4.66. The Morgan fingerprint density at radius 1 is 1.17 bits per heavy atom. The van der Waals surface area contributed by atoms with Gasteiger partial charge in [0.25, 0.3) is 0 Å². The molecule has 0 saturated carbocycles. The van der Waals surface area contributed by atoms with Crippen LogP contribution in [0.25, 0.3) is 0 Å². The van der Waals surface area contributed by atoms with Gasteiger partial charge < -0.3 is 24.2 Å². The molecule has 29 heavy (non-hydrogen) atoms. The molecule has 1 aromatic heterocycles. The zero-order valence-electron chi connectivity index (χ0n) is 17.4. The number of methoxy groups -OCH3 is 2. The van der Waals surface area contributed by atoms with E-state index in [9.17, 15) is 0 Å². The van der Waals surface area contributed by atoms with Crippen molar-refractivity contribution in [3.8, 4) is 11.5 Å². The maximum absolute atomic E-state index is 5.64. The highest BCUT2D eigenvalue weighted by atomic mass is 32.1. The van der Waals surface area contributed by atoms with Gasteiger partial charge in [0, 0.05) is 45.3 Å². The third kappa shape index (κ3) is 6.08.